The maximum atomic E-state index is 12.3. The summed E-state index contributed by atoms with van der Waals surface area (Å²) in [5.41, 5.74) is -0.994. The van der Waals surface area contributed by atoms with Gasteiger partial charge in [-0.15, -0.1) is 6.58 Å². The minimum absolute atomic E-state index is 0.00829. The molecule has 11 heavy (non-hydrogen) atoms. The third-order valence-electron chi connectivity index (χ3n) is 1.85. The highest BCUT2D eigenvalue weighted by atomic mass is 19.1. The number of aliphatic carboxylic acids is 1. The van der Waals surface area contributed by atoms with Crippen LogP contribution in [0.3, 0.4) is 0 Å². The van der Waals surface area contributed by atoms with Gasteiger partial charge in [-0.1, -0.05) is 6.08 Å². The molecule has 1 rings (SSSR count). The number of hydrogen-bond donors (Lipinski definition) is 1. The Kier molecular flexibility index (Phi) is 1.81. The van der Waals surface area contributed by atoms with Crippen LogP contribution in [0.5, 0.6) is 0 Å². The number of carboxylic acid groups (broad SMARTS) is 1. The Morgan fingerprint density at radius 1 is 2.00 bits per heavy atom. The quantitative estimate of drug-likeness (QED) is 0.633. The van der Waals surface area contributed by atoms with Gasteiger partial charge in [0.1, 0.15) is 0 Å². The summed E-state index contributed by atoms with van der Waals surface area (Å²) in [5.74, 6) is -1.31. The SMILES string of the molecule is C=CCC1(C(=O)O)C=C(F)C1. The lowest BCUT2D eigenvalue weighted by Crippen LogP contribution is -2.34. The Morgan fingerprint density at radius 2 is 2.55 bits per heavy atom. The Balaban J connectivity index is 2.77. The lowest BCUT2D eigenvalue weighted by Gasteiger charge is -2.31. The number of rotatable bonds is 3. The van der Waals surface area contributed by atoms with Crippen LogP contribution >= 0.6 is 0 Å². The monoisotopic (exact) mass is 156 g/mol. The fourth-order valence-electron chi connectivity index (χ4n) is 1.19. The van der Waals surface area contributed by atoms with Crippen molar-refractivity contribution in [3.8, 4) is 0 Å². The van der Waals surface area contributed by atoms with Crippen molar-refractivity contribution < 1.29 is 14.3 Å². The predicted molar refractivity (Wildman–Crippen MR) is 38.7 cm³/mol. The molecule has 0 saturated heterocycles. The Bertz CT molecular complexity index is 232. The minimum atomic E-state index is -0.994. The summed E-state index contributed by atoms with van der Waals surface area (Å²) >= 11 is 0. The molecule has 1 aliphatic carbocycles. The zero-order valence-corrected chi connectivity index (χ0v) is 6.01. The van der Waals surface area contributed by atoms with Crippen molar-refractivity contribution in [2.24, 2.45) is 5.41 Å². The predicted octanol–water partition coefficient (Wildman–Crippen LogP) is 1.89. The first-order valence-corrected chi connectivity index (χ1v) is 3.32. The van der Waals surface area contributed by atoms with E-state index in [4.69, 9.17) is 5.11 Å². The van der Waals surface area contributed by atoms with Gasteiger partial charge in [0.05, 0.1) is 11.2 Å². The standard InChI is InChI=1S/C8H9FO2/c1-2-3-8(7(10)11)4-6(9)5-8/h2,4H,1,3,5H2,(H,10,11). The molecule has 3 heteroatoms. The van der Waals surface area contributed by atoms with E-state index in [-0.39, 0.29) is 12.2 Å². The molecular weight excluding hydrogens is 147 g/mol. The maximum Gasteiger partial charge on any atom is 0.314 e. The fourth-order valence-corrected chi connectivity index (χ4v) is 1.19. The normalized spacial score (nSPS) is 28.6. The van der Waals surface area contributed by atoms with E-state index >= 15 is 0 Å². The van der Waals surface area contributed by atoms with Crippen molar-refractivity contribution in [1.29, 1.82) is 0 Å². The van der Waals surface area contributed by atoms with Crippen molar-refractivity contribution >= 4 is 5.97 Å². The molecule has 0 aliphatic heterocycles. The largest absolute Gasteiger partial charge is 0.481 e. The first-order valence-electron chi connectivity index (χ1n) is 3.32. The second kappa shape index (κ2) is 2.49. The van der Waals surface area contributed by atoms with E-state index < -0.39 is 11.4 Å². The summed E-state index contributed by atoms with van der Waals surface area (Å²) in [6, 6.07) is 0. The molecule has 1 aliphatic rings. The molecule has 60 valence electrons. The van der Waals surface area contributed by atoms with Gasteiger partial charge in [0.2, 0.25) is 0 Å². The first-order chi connectivity index (χ1) is 5.10. The summed E-state index contributed by atoms with van der Waals surface area (Å²) in [6.45, 7) is 3.42. The molecular formula is C8H9FO2. The second-order valence-corrected chi connectivity index (χ2v) is 2.72. The Morgan fingerprint density at radius 3 is 2.82 bits per heavy atom. The highest BCUT2D eigenvalue weighted by molar-refractivity contribution is 5.79. The topological polar surface area (TPSA) is 37.3 Å². The molecule has 0 amide bonds. The van der Waals surface area contributed by atoms with Gasteiger partial charge < -0.3 is 5.11 Å². The molecule has 0 heterocycles. The van der Waals surface area contributed by atoms with Crippen molar-refractivity contribution in [3.05, 3.63) is 24.6 Å². The van der Waals surface area contributed by atoms with Gasteiger partial charge >= 0.3 is 5.97 Å². The number of allylic oxidation sites excluding steroid dienone is 2. The summed E-state index contributed by atoms with van der Waals surface area (Å²) in [7, 11) is 0. The molecule has 2 nitrogen and oxygen atoms in total. The highest BCUT2D eigenvalue weighted by Gasteiger charge is 2.43. The van der Waals surface area contributed by atoms with Crippen LogP contribution in [0.4, 0.5) is 4.39 Å². The number of carboxylic acids is 1. The van der Waals surface area contributed by atoms with E-state index in [2.05, 4.69) is 6.58 Å². The van der Waals surface area contributed by atoms with Crippen LogP contribution in [-0.2, 0) is 4.79 Å². The number of hydrogen-bond acceptors (Lipinski definition) is 1. The van der Waals surface area contributed by atoms with E-state index in [1.165, 1.54) is 6.08 Å². The average Bonchev–Trinajstić information content (AvgIpc) is 1.84. The van der Waals surface area contributed by atoms with Crippen LogP contribution in [0.15, 0.2) is 24.6 Å². The molecule has 0 aromatic carbocycles. The van der Waals surface area contributed by atoms with Gasteiger partial charge in [-0.3, -0.25) is 4.79 Å². The molecule has 1 unspecified atom stereocenters. The van der Waals surface area contributed by atoms with Crippen molar-refractivity contribution in [3.63, 3.8) is 0 Å². The maximum absolute atomic E-state index is 12.3. The van der Waals surface area contributed by atoms with Crippen molar-refractivity contribution in [1.82, 2.24) is 0 Å². The summed E-state index contributed by atoms with van der Waals surface area (Å²) in [5, 5.41) is 8.67. The van der Waals surface area contributed by atoms with Gasteiger partial charge in [-0.2, -0.15) is 0 Å². The molecule has 0 aromatic rings. The lowest BCUT2D eigenvalue weighted by molar-refractivity contribution is -0.147. The van der Waals surface area contributed by atoms with E-state index in [1.54, 1.807) is 0 Å². The van der Waals surface area contributed by atoms with Crippen LogP contribution in [-0.4, -0.2) is 11.1 Å². The average molecular weight is 156 g/mol. The lowest BCUT2D eigenvalue weighted by atomic mass is 9.73. The van der Waals surface area contributed by atoms with Crippen LogP contribution in [0.1, 0.15) is 12.8 Å². The molecule has 0 aromatic heterocycles. The van der Waals surface area contributed by atoms with Crippen LogP contribution in [0.2, 0.25) is 0 Å². The summed E-state index contributed by atoms with van der Waals surface area (Å²) < 4.78 is 12.3. The number of carbonyl (C=O) groups is 1. The van der Waals surface area contributed by atoms with Crippen LogP contribution in [0.25, 0.3) is 0 Å². The van der Waals surface area contributed by atoms with Crippen LogP contribution < -0.4 is 0 Å². The molecule has 0 saturated carbocycles. The van der Waals surface area contributed by atoms with E-state index in [0.717, 1.165) is 6.08 Å². The summed E-state index contributed by atoms with van der Waals surface area (Å²) in [4.78, 5) is 10.6. The molecule has 0 fully saturated rings. The second-order valence-electron chi connectivity index (χ2n) is 2.72. The third-order valence-corrected chi connectivity index (χ3v) is 1.85. The molecule has 0 bridgehead atoms. The van der Waals surface area contributed by atoms with Gasteiger partial charge in [-0.25, -0.2) is 4.39 Å². The Labute approximate surface area is 64.0 Å². The van der Waals surface area contributed by atoms with E-state index in [0.29, 0.717) is 6.42 Å². The van der Waals surface area contributed by atoms with Gasteiger partial charge in [0.25, 0.3) is 0 Å². The van der Waals surface area contributed by atoms with Gasteiger partial charge in [-0.05, 0) is 12.5 Å². The fraction of sp³-hybridized carbons (Fsp3) is 0.375. The van der Waals surface area contributed by atoms with Crippen molar-refractivity contribution in [2.45, 2.75) is 12.8 Å². The van der Waals surface area contributed by atoms with Gasteiger partial charge in [0, 0.05) is 6.42 Å². The zero-order chi connectivity index (χ0) is 8.48. The first kappa shape index (κ1) is 7.98. The van der Waals surface area contributed by atoms with Crippen molar-refractivity contribution in [2.75, 3.05) is 0 Å². The molecule has 0 radical (unpaired) electrons. The van der Waals surface area contributed by atoms with Gasteiger partial charge in [0.15, 0.2) is 0 Å². The minimum Gasteiger partial charge on any atom is -0.481 e. The molecule has 1 N–H and O–H groups in total. The third kappa shape index (κ3) is 1.18. The zero-order valence-electron chi connectivity index (χ0n) is 6.01. The summed E-state index contributed by atoms with van der Waals surface area (Å²) in [6.07, 6.45) is 2.96. The van der Waals surface area contributed by atoms with E-state index in [1.807, 2.05) is 0 Å². The smallest absolute Gasteiger partial charge is 0.314 e. The number of halogens is 1. The Hall–Kier alpha value is -1.12. The van der Waals surface area contributed by atoms with E-state index in [9.17, 15) is 9.18 Å². The molecule has 0 spiro atoms. The van der Waals surface area contributed by atoms with Crippen LogP contribution in [0, 0.1) is 5.41 Å². The highest BCUT2D eigenvalue weighted by Crippen LogP contribution is 2.42. The molecule has 1 atom stereocenters.